The molecule has 1 aliphatic heterocycles. The number of hydrogen-bond acceptors (Lipinski definition) is 14. The summed E-state index contributed by atoms with van der Waals surface area (Å²) in [5.74, 6) is -0.666. The Morgan fingerprint density at radius 1 is 1.17 bits per heavy atom. The lowest BCUT2D eigenvalue weighted by atomic mass is 10.1. The molecule has 9 N–H and O–H groups in total. The van der Waals surface area contributed by atoms with E-state index in [2.05, 4.69) is 28.1 Å². The predicted octanol–water partition coefficient (Wildman–Crippen LogP) is -0.0133. The molecule has 1 aromatic carbocycles. The third-order valence-electron chi connectivity index (χ3n) is 5.42. The highest BCUT2D eigenvalue weighted by Gasteiger charge is 2.47. The molecule has 1 aliphatic rings. The van der Waals surface area contributed by atoms with E-state index in [1.807, 2.05) is 5.09 Å². The number of phosphoric acid groups is 2. The summed E-state index contributed by atoms with van der Waals surface area (Å²) < 4.78 is 56.0. The second-order valence-electron chi connectivity index (χ2n) is 8.49. The molecular formula is C18H23N6O14P3. The van der Waals surface area contributed by atoms with Crippen LogP contribution in [0.15, 0.2) is 35.4 Å². The molecule has 23 heteroatoms. The maximum atomic E-state index is 12.3. The smallest absolute Gasteiger partial charge is 0.387 e. The molecule has 3 aromatic rings. The van der Waals surface area contributed by atoms with Crippen molar-refractivity contribution < 1.29 is 61.3 Å². The lowest BCUT2D eigenvalue weighted by molar-refractivity contribution is -0.0503. The summed E-state index contributed by atoms with van der Waals surface area (Å²) in [5.41, 5.74) is 4.51. The number of imidazole rings is 1. The van der Waals surface area contributed by atoms with Gasteiger partial charge in [-0.3, -0.25) is 28.8 Å². The zero-order valence-corrected chi connectivity index (χ0v) is 23.3. The zero-order chi connectivity index (χ0) is 30.3. The molecule has 3 heterocycles. The van der Waals surface area contributed by atoms with Crippen LogP contribution in [0.5, 0.6) is 0 Å². The molecule has 1 fully saturated rings. The summed E-state index contributed by atoms with van der Waals surface area (Å²) in [6, 6.07) is 5.10. The molecule has 20 nitrogen and oxygen atoms in total. The second kappa shape index (κ2) is 11.4. The van der Waals surface area contributed by atoms with Gasteiger partial charge in [-0.05, 0) is 19.1 Å². The lowest BCUT2D eigenvalue weighted by Crippen LogP contribution is -2.33. The van der Waals surface area contributed by atoms with Crippen molar-refractivity contribution in [1.82, 2.24) is 19.5 Å². The highest BCUT2D eigenvalue weighted by molar-refractivity contribution is 7.68. The predicted molar refractivity (Wildman–Crippen MR) is 136 cm³/mol. The number of aliphatic hydroxyl groups excluding tert-OH is 2. The number of aromatic amines is 1. The number of carbonyl (C=O) groups is 1. The quantitative estimate of drug-likeness (QED) is 0.101. The van der Waals surface area contributed by atoms with Crippen LogP contribution in [0.2, 0.25) is 0 Å². The summed E-state index contributed by atoms with van der Waals surface area (Å²) in [6.45, 7) is 0.215. The lowest BCUT2D eigenvalue weighted by Gasteiger charge is -2.21. The highest BCUT2D eigenvalue weighted by atomic mass is 31.3. The Hall–Kier alpha value is -2.83. The van der Waals surface area contributed by atoms with E-state index in [1.165, 1.54) is 25.1 Å². The number of nitrogens with one attached hydrogen (secondary N) is 2. The molecule has 3 unspecified atom stereocenters. The van der Waals surface area contributed by atoms with Crippen LogP contribution in [0, 0.1) is 0 Å². The monoisotopic (exact) mass is 640 g/mol. The number of fused-ring (bicyclic) bond motifs is 1. The number of ketones is 1. The van der Waals surface area contributed by atoms with E-state index in [1.54, 1.807) is 0 Å². The first-order valence-electron chi connectivity index (χ1n) is 11.2. The summed E-state index contributed by atoms with van der Waals surface area (Å²) in [6.07, 6.45) is -5.39. The summed E-state index contributed by atoms with van der Waals surface area (Å²) in [5, 5.41) is 22.6. The minimum atomic E-state index is -5.78. The van der Waals surface area contributed by atoms with Gasteiger partial charge in [-0.15, -0.1) is 0 Å². The molecule has 7 atom stereocenters. The Kier molecular flexibility index (Phi) is 8.69. The fourth-order valence-electron chi connectivity index (χ4n) is 3.69. The van der Waals surface area contributed by atoms with Crippen molar-refractivity contribution in [1.29, 1.82) is 0 Å². The van der Waals surface area contributed by atoms with Crippen molar-refractivity contribution in [3.8, 4) is 0 Å². The Morgan fingerprint density at radius 3 is 2.56 bits per heavy atom. The summed E-state index contributed by atoms with van der Waals surface area (Å²) >= 11 is 0. The number of hydrogen-bond donors (Lipinski definition) is 8. The van der Waals surface area contributed by atoms with E-state index in [9.17, 15) is 48.2 Å². The standard InChI is InChI=1S/C18H23N6O14P3/c1-8(25)9-3-2-4-10(5-9)23-39(29,30)37-41(33,34)38-40(31,32)35-6-11-13(26)14(27)17(36-11)24-7-20-12-15(24)21-18(19)22-16(12)28/h2-5,7,11,13-14,17,26-27H,6H2,1H3,(H,31,32)(H,33,34)(H2,23,29,30)(H3,19,21,22,28)/t11-,13-,14-,17-/m1/s1. The number of carbonyl (C=O) groups excluding carboxylic acids is 1. The van der Waals surface area contributed by atoms with Crippen LogP contribution in [0.25, 0.3) is 11.2 Å². The number of nitrogen functional groups attached to an aromatic ring is 1. The molecule has 224 valence electrons. The van der Waals surface area contributed by atoms with Crippen LogP contribution < -0.4 is 16.4 Å². The molecule has 2 aromatic heterocycles. The second-order valence-corrected chi connectivity index (χ2v) is 13.2. The molecule has 0 saturated carbocycles. The van der Waals surface area contributed by atoms with Gasteiger partial charge in [0.05, 0.1) is 12.9 Å². The maximum absolute atomic E-state index is 12.3. The third kappa shape index (κ3) is 7.34. The summed E-state index contributed by atoms with van der Waals surface area (Å²) in [4.78, 5) is 63.0. The van der Waals surface area contributed by atoms with Gasteiger partial charge in [0.25, 0.3) is 5.56 Å². The molecular weight excluding hydrogens is 617 g/mol. The molecule has 1 saturated heterocycles. The number of aliphatic hydroxyl groups is 2. The number of phosphoric ester groups is 1. The van der Waals surface area contributed by atoms with Crippen molar-refractivity contribution >= 4 is 52.0 Å². The van der Waals surface area contributed by atoms with Crippen molar-refractivity contribution in [3.63, 3.8) is 0 Å². The minimum Gasteiger partial charge on any atom is -0.387 e. The van der Waals surface area contributed by atoms with Gasteiger partial charge in [0, 0.05) is 11.3 Å². The number of Topliss-reactive ketones (excluding diaryl/α,β-unsaturated/α-hetero) is 1. The number of rotatable bonds is 11. The number of H-pyrrole nitrogens is 1. The number of ether oxygens (including phenoxy) is 1. The molecule has 0 bridgehead atoms. The number of nitrogens with zero attached hydrogens (tertiary/aromatic N) is 3. The Bertz CT molecular complexity index is 1680. The molecule has 0 aliphatic carbocycles. The molecule has 0 amide bonds. The van der Waals surface area contributed by atoms with Crippen LogP contribution >= 0.6 is 23.4 Å². The van der Waals surface area contributed by atoms with Crippen LogP contribution in [0.1, 0.15) is 23.5 Å². The largest absolute Gasteiger partial charge is 0.489 e. The highest BCUT2D eigenvalue weighted by Crippen LogP contribution is 2.67. The van der Waals surface area contributed by atoms with Gasteiger partial charge in [0.2, 0.25) is 5.95 Å². The Labute approximate surface area is 228 Å². The average Bonchev–Trinajstić information content (AvgIpc) is 3.37. The van der Waals surface area contributed by atoms with Gasteiger partial charge >= 0.3 is 23.4 Å². The molecule has 0 radical (unpaired) electrons. The summed E-state index contributed by atoms with van der Waals surface area (Å²) in [7, 11) is -16.5. The Morgan fingerprint density at radius 2 is 1.88 bits per heavy atom. The topological polar surface area (TPSA) is 308 Å². The molecule has 41 heavy (non-hydrogen) atoms. The number of benzene rings is 1. The zero-order valence-electron chi connectivity index (χ0n) is 20.6. The van der Waals surface area contributed by atoms with Crippen LogP contribution in [0.4, 0.5) is 11.6 Å². The molecule has 0 spiro atoms. The van der Waals surface area contributed by atoms with Crippen molar-refractivity contribution in [2.75, 3.05) is 17.4 Å². The van der Waals surface area contributed by atoms with E-state index >= 15 is 0 Å². The van der Waals surface area contributed by atoms with E-state index in [-0.39, 0.29) is 34.1 Å². The van der Waals surface area contributed by atoms with E-state index in [4.69, 9.17) is 10.5 Å². The third-order valence-corrected chi connectivity index (χ3v) is 9.80. The SMILES string of the molecule is CC(=O)c1cccc(NP(=O)(O)OP(=O)(O)OP(=O)(O)OC[C@H]2O[C@@H](n3cnc4c(=O)[nH]c(N)nc43)[C@H](O)[C@@H]2O)c1. The average molecular weight is 640 g/mol. The first-order valence-corrected chi connectivity index (χ1v) is 15.7. The first-order chi connectivity index (χ1) is 19.0. The van der Waals surface area contributed by atoms with Crippen LogP contribution in [-0.2, 0) is 31.6 Å². The normalized spacial score (nSPS) is 25.3. The van der Waals surface area contributed by atoms with Crippen LogP contribution in [-0.4, -0.2) is 75.1 Å². The van der Waals surface area contributed by atoms with Crippen LogP contribution in [0.3, 0.4) is 0 Å². The number of aromatic nitrogens is 4. The molecule has 4 rings (SSSR count). The van der Waals surface area contributed by atoms with Gasteiger partial charge in [-0.25, -0.2) is 18.7 Å². The van der Waals surface area contributed by atoms with Gasteiger partial charge in [-0.2, -0.15) is 13.6 Å². The fraction of sp³-hybridized carbons (Fsp3) is 0.333. The van der Waals surface area contributed by atoms with Crippen molar-refractivity contribution in [3.05, 3.63) is 46.5 Å². The van der Waals surface area contributed by atoms with Crippen molar-refractivity contribution in [2.24, 2.45) is 0 Å². The van der Waals surface area contributed by atoms with Gasteiger partial charge in [0.1, 0.15) is 18.3 Å². The van der Waals surface area contributed by atoms with E-state index < -0.39 is 60.1 Å². The fourth-order valence-corrected chi connectivity index (χ4v) is 7.40. The van der Waals surface area contributed by atoms with Gasteiger partial charge in [0.15, 0.2) is 23.2 Å². The Balaban J connectivity index is 1.39. The maximum Gasteiger partial charge on any atom is 0.489 e. The number of anilines is 2. The van der Waals surface area contributed by atoms with E-state index in [0.29, 0.717) is 0 Å². The van der Waals surface area contributed by atoms with Crippen molar-refractivity contribution in [2.45, 2.75) is 31.5 Å². The van der Waals surface area contributed by atoms with Gasteiger partial charge in [-0.1, -0.05) is 12.1 Å². The van der Waals surface area contributed by atoms with E-state index in [0.717, 1.165) is 17.0 Å². The minimum absolute atomic E-state index is 0.117. The first kappa shape index (κ1) is 31.1. The number of nitrogens with two attached hydrogens (primary N) is 1. The van der Waals surface area contributed by atoms with Gasteiger partial charge < -0.3 is 35.4 Å².